The molecule has 0 aromatic rings. The number of phosphoric ester groups is 1. The summed E-state index contributed by atoms with van der Waals surface area (Å²) in [6, 6.07) is 0. The second-order valence-electron chi connectivity index (χ2n) is 6.40. The highest BCUT2D eigenvalue weighted by molar-refractivity contribution is 7.60. The van der Waals surface area contributed by atoms with E-state index >= 15 is 0 Å². The van der Waals surface area contributed by atoms with Crippen molar-refractivity contribution in [2.45, 2.75) is 53.9 Å². The Morgan fingerprint density at radius 2 is 1.64 bits per heavy atom. The summed E-state index contributed by atoms with van der Waals surface area (Å²) in [5, 5.41) is 0. The molecule has 0 aliphatic rings. The third-order valence-electron chi connectivity index (χ3n) is 3.18. The molecule has 0 spiro atoms. The molecule has 9 heteroatoms. The molecule has 0 aliphatic carbocycles. The van der Waals surface area contributed by atoms with Crippen LogP contribution in [-0.4, -0.2) is 21.3 Å². The molecule has 0 heterocycles. The smallest absolute Gasteiger partial charge is 0.302 e. The van der Waals surface area contributed by atoms with Crippen molar-refractivity contribution in [1.29, 1.82) is 0 Å². The topological polar surface area (TPSA) is 113 Å². The van der Waals surface area contributed by atoms with E-state index in [1.165, 1.54) is 11.1 Å². The van der Waals surface area contributed by atoms with Gasteiger partial charge in [-0.05, 0) is 52.9 Å². The molecule has 2 atom stereocenters. The first-order valence-corrected chi connectivity index (χ1v) is 11.0. The van der Waals surface area contributed by atoms with Gasteiger partial charge in [-0.15, -0.1) is 0 Å². The van der Waals surface area contributed by atoms with Crippen molar-refractivity contribution in [3.63, 3.8) is 0 Å². The molecule has 0 amide bonds. The Balaban J connectivity index is 4.41. The second-order valence-corrected chi connectivity index (χ2v) is 9.23. The van der Waals surface area contributed by atoms with E-state index < -0.39 is 15.6 Å². The van der Waals surface area contributed by atoms with Crippen LogP contribution in [0.2, 0.25) is 0 Å². The number of phosphoric acid groups is 2. The van der Waals surface area contributed by atoms with Crippen LogP contribution in [0.25, 0.3) is 0 Å². The van der Waals surface area contributed by atoms with Crippen molar-refractivity contribution < 1.29 is 32.6 Å². The van der Waals surface area contributed by atoms with Crippen LogP contribution < -0.4 is 0 Å². The highest BCUT2D eigenvalue weighted by Crippen LogP contribution is 2.57. The van der Waals surface area contributed by atoms with Crippen LogP contribution in [0, 0.1) is 5.92 Å². The van der Waals surface area contributed by atoms with Gasteiger partial charge in [0.2, 0.25) is 0 Å². The zero-order chi connectivity index (χ0) is 19.7. The molecule has 0 fully saturated rings. The van der Waals surface area contributed by atoms with Gasteiger partial charge in [-0.2, -0.15) is 4.31 Å². The molecule has 7 nitrogen and oxygen atoms in total. The van der Waals surface area contributed by atoms with Crippen molar-refractivity contribution in [2.24, 2.45) is 5.92 Å². The minimum Gasteiger partial charge on any atom is -0.302 e. The van der Waals surface area contributed by atoms with Gasteiger partial charge in [-0.1, -0.05) is 41.9 Å². The Morgan fingerprint density at radius 3 is 2.16 bits per heavy atom. The molecule has 0 radical (unpaired) electrons. The molecular formula is C16H30O7P2. The van der Waals surface area contributed by atoms with E-state index in [1.807, 2.05) is 6.92 Å². The van der Waals surface area contributed by atoms with Crippen molar-refractivity contribution >= 4 is 15.6 Å². The summed E-state index contributed by atoms with van der Waals surface area (Å²) in [6.07, 6.45) is 8.77. The summed E-state index contributed by atoms with van der Waals surface area (Å²) in [5.41, 5.74) is 3.56. The lowest BCUT2D eigenvalue weighted by atomic mass is 9.98. The van der Waals surface area contributed by atoms with Crippen LogP contribution in [0.3, 0.4) is 0 Å². The average molecular weight is 396 g/mol. The fourth-order valence-electron chi connectivity index (χ4n) is 2.24. The summed E-state index contributed by atoms with van der Waals surface area (Å²) in [4.78, 5) is 26.2. The highest BCUT2D eigenvalue weighted by atomic mass is 31.3. The van der Waals surface area contributed by atoms with Gasteiger partial charge in [0, 0.05) is 0 Å². The Morgan fingerprint density at radius 1 is 1.04 bits per heavy atom. The van der Waals surface area contributed by atoms with E-state index in [0.29, 0.717) is 5.92 Å². The van der Waals surface area contributed by atoms with E-state index in [-0.39, 0.29) is 6.61 Å². The van der Waals surface area contributed by atoms with Gasteiger partial charge in [0.05, 0.1) is 6.61 Å². The fourth-order valence-corrected chi connectivity index (χ4v) is 3.77. The lowest BCUT2D eigenvalue weighted by molar-refractivity contribution is 0.191. The number of allylic oxidation sites excluding steroid dienone is 5. The molecule has 0 bridgehead atoms. The first-order valence-electron chi connectivity index (χ1n) is 8.01. The Kier molecular flexibility index (Phi) is 11.0. The van der Waals surface area contributed by atoms with Crippen molar-refractivity contribution in [3.8, 4) is 0 Å². The molecule has 0 rings (SSSR count). The first kappa shape index (κ1) is 24.5. The monoisotopic (exact) mass is 396 g/mol. The van der Waals surface area contributed by atoms with Crippen molar-refractivity contribution in [3.05, 3.63) is 34.9 Å². The maximum atomic E-state index is 11.3. The lowest BCUT2D eigenvalue weighted by Crippen LogP contribution is -1.97. The van der Waals surface area contributed by atoms with Gasteiger partial charge in [-0.25, -0.2) is 9.13 Å². The summed E-state index contributed by atoms with van der Waals surface area (Å²) < 4.78 is 30.1. The number of hydrogen-bond acceptors (Lipinski definition) is 4. The van der Waals surface area contributed by atoms with Gasteiger partial charge in [0.1, 0.15) is 0 Å². The summed E-state index contributed by atoms with van der Waals surface area (Å²) in [7, 11) is -9.85. The maximum absolute atomic E-state index is 11.3. The third-order valence-corrected chi connectivity index (χ3v) is 5.33. The molecule has 0 saturated carbocycles. The molecule has 0 saturated heterocycles. The molecule has 3 N–H and O–H groups in total. The van der Waals surface area contributed by atoms with Crippen LogP contribution in [-0.2, 0) is 18.0 Å². The third kappa shape index (κ3) is 15.5. The quantitative estimate of drug-likeness (QED) is 0.337. The van der Waals surface area contributed by atoms with Crippen LogP contribution >= 0.6 is 15.6 Å². The second kappa shape index (κ2) is 11.2. The fraction of sp³-hybridized carbons (Fsp3) is 0.625. The van der Waals surface area contributed by atoms with Crippen molar-refractivity contribution in [2.75, 3.05) is 6.61 Å². The van der Waals surface area contributed by atoms with E-state index in [0.717, 1.165) is 24.8 Å². The lowest BCUT2D eigenvalue weighted by Gasteiger charge is -2.12. The number of hydrogen-bond donors (Lipinski definition) is 3. The van der Waals surface area contributed by atoms with Crippen LogP contribution in [0.5, 0.6) is 0 Å². The number of rotatable bonds is 11. The Hall–Kier alpha value is -0.520. The van der Waals surface area contributed by atoms with E-state index in [4.69, 9.17) is 14.7 Å². The standard InChI is InChI=1S/C16H30O7P2/c1-13(2)7-6-8-14(3)11-16(5)12-15(4)9-10-22-25(20,21)23-24(17,18)19/h7,9,11,16H,6,8,10,12H2,1-5H3,(H,20,21)(H2,17,18,19)/b14-11+,15-9+/t16-/m0/s1. The predicted molar refractivity (Wildman–Crippen MR) is 98.9 cm³/mol. The van der Waals surface area contributed by atoms with Gasteiger partial charge in [0.15, 0.2) is 0 Å². The Bertz CT molecular complexity index is 598. The minimum absolute atomic E-state index is 0.268. The van der Waals surface area contributed by atoms with Crippen LogP contribution in [0.15, 0.2) is 34.9 Å². The summed E-state index contributed by atoms with van der Waals surface area (Å²) in [5.74, 6) is 0.301. The van der Waals surface area contributed by atoms with E-state index in [1.54, 1.807) is 6.08 Å². The average Bonchev–Trinajstić information content (AvgIpc) is 2.33. The molecule has 1 unspecified atom stereocenters. The normalized spacial score (nSPS) is 17.1. The predicted octanol–water partition coefficient (Wildman–Crippen LogP) is 4.88. The van der Waals surface area contributed by atoms with Gasteiger partial charge in [-0.3, -0.25) is 4.52 Å². The van der Waals surface area contributed by atoms with Crippen LogP contribution in [0.1, 0.15) is 53.9 Å². The zero-order valence-electron chi connectivity index (χ0n) is 15.5. The Labute approximate surface area is 150 Å². The van der Waals surface area contributed by atoms with Gasteiger partial charge in [0.25, 0.3) is 0 Å². The molecule has 0 aliphatic heterocycles. The molecule has 0 aromatic heterocycles. The molecule has 146 valence electrons. The minimum atomic E-state index is -5.08. The largest absolute Gasteiger partial charge is 0.481 e. The van der Waals surface area contributed by atoms with Crippen molar-refractivity contribution in [1.82, 2.24) is 0 Å². The van der Waals surface area contributed by atoms with E-state index in [2.05, 4.69) is 48.7 Å². The van der Waals surface area contributed by atoms with E-state index in [9.17, 15) is 9.13 Å². The first-order chi connectivity index (χ1) is 11.3. The summed E-state index contributed by atoms with van der Waals surface area (Å²) in [6.45, 7) is 9.92. The van der Waals surface area contributed by atoms with Gasteiger partial charge < -0.3 is 14.7 Å². The van der Waals surface area contributed by atoms with Gasteiger partial charge >= 0.3 is 15.6 Å². The molecular weight excluding hydrogens is 366 g/mol. The summed E-state index contributed by atoms with van der Waals surface area (Å²) >= 11 is 0. The zero-order valence-corrected chi connectivity index (χ0v) is 17.3. The molecule has 0 aromatic carbocycles. The molecule has 25 heavy (non-hydrogen) atoms. The van der Waals surface area contributed by atoms with Crippen LogP contribution in [0.4, 0.5) is 0 Å². The SMILES string of the molecule is CC(C)=CCC/C(C)=C/[C@H](C)C/C(C)=C/COP(=O)(O)OP(=O)(O)O. The highest BCUT2D eigenvalue weighted by Gasteiger charge is 2.31. The maximum Gasteiger partial charge on any atom is 0.481 e.